The van der Waals surface area contributed by atoms with Crippen LogP contribution >= 0.6 is 0 Å². The van der Waals surface area contributed by atoms with Gasteiger partial charge < -0.3 is 4.74 Å². The number of hydrogen-bond donors (Lipinski definition) is 0. The van der Waals surface area contributed by atoms with Gasteiger partial charge in [-0.25, -0.2) is 4.39 Å². The third-order valence-corrected chi connectivity index (χ3v) is 4.64. The summed E-state index contributed by atoms with van der Waals surface area (Å²) in [7, 11) is 0. The zero-order valence-electron chi connectivity index (χ0n) is 16.0. The van der Waals surface area contributed by atoms with E-state index in [1.807, 2.05) is 55.5 Å². The maximum Gasteiger partial charge on any atom is 0.132 e. The smallest absolute Gasteiger partial charge is 0.132 e. The predicted octanol–water partition coefficient (Wildman–Crippen LogP) is 6.69. The predicted molar refractivity (Wildman–Crippen MR) is 109 cm³/mol. The first kappa shape index (κ1) is 19.1. The molecule has 0 radical (unpaired) electrons. The first-order valence-electron chi connectivity index (χ1n) is 9.69. The number of aryl methyl sites for hydroxylation is 1. The van der Waals surface area contributed by atoms with Gasteiger partial charge in [0.1, 0.15) is 11.6 Å². The molecule has 1 aromatic heterocycles. The lowest BCUT2D eigenvalue weighted by atomic mass is 10.0. The lowest BCUT2D eigenvalue weighted by molar-refractivity contribution is 0.340. The van der Waals surface area contributed by atoms with Gasteiger partial charge in [-0.3, -0.25) is 4.98 Å². The van der Waals surface area contributed by atoms with Crippen molar-refractivity contribution < 1.29 is 9.13 Å². The molecule has 0 aliphatic rings. The van der Waals surface area contributed by atoms with E-state index in [9.17, 15) is 4.39 Å². The van der Waals surface area contributed by atoms with Gasteiger partial charge in [0.25, 0.3) is 0 Å². The number of halogens is 1. The highest BCUT2D eigenvalue weighted by Gasteiger charge is 2.08. The monoisotopic (exact) mass is 363 g/mol. The van der Waals surface area contributed by atoms with Crippen LogP contribution in [0.5, 0.6) is 5.75 Å². The first-order valence-corrected chi connectivity index (χ1v) is 9.69. The summed E-state index contributed by atoms with van der Waals surface area (Å²) >= 11 is 0. The Bertz CT molecular complexity index is 857. The third-order valence-electron chi connectivity index (χ3n) is 4.64. The normalized spacial score (nSPS) is 10.8. The van der Waals surface area contributed by atoms with Crippen LogP contribution in [0.1, 0.15) is 38.7 Å². The van der Waals surface area contributed by atoms with E-state index in [1.165, 1.54) is 12.8 Å². The quantitative estimate of drug-likeness (QED) is 0.416. The van der Waals surface area contributed by atoms with Crippen LogP contribution in [0.4, 0.5) is 4.39 Å². The summed E-state index contributed by atoms with van der Waals surface area (Å²) in [6, 6.07) is 17.3. The molecule has 0 unspecified atom stereocenters. The molecule has 0 amide bonds. The van der Waals surface area contributed by atoms with Crippen molar-refractivity contribution in [2.45, 2.75) is 39.5 Å². The van der Waals surface area contributed by atoms with Crippen LogP contribution in [0.2, 0.25) is 0 Å². The molecule has 0 N–H and O–H groups in total. The van der Waals surface area contributed by atoms with Crippen LogP contribution in [-0.4, -0.2) is 11.6 Å². The van der Waals surface area contributed by atoms with Crippen LogP contribution in [0, 0.1) is 5.82 Å². The summed E-state index contributed by atoms with van der Waals surface area (Å²) in [6.07, 6.45) is 6.17. The van der Waals surface area contributed by atoms with Crippen molar-refractivity contribution in [1.29, 1.82) is 0 Å². The molecular formula is C24H26FNO. The highest BCUT2D eigenvalue weighted by atomic mass is 19.1. The standard InChI is InChI=1S/C24H26FNO/c1-3-5-6-7-18-8-14-22(23(25)16-18)24-15-11-20(17-26-24)19-9-12-21(13-10-19)27-4-2/h8-17H,3-7H2,1-2H3. The number of rotatable bonds is 8. The van der Waals surface area contributed by atoms with Gasteiger partial charge >= 0.3 is 0 Å². The van der Waals surface area contributed by atoms with E-state index >= 15 is 0 Å². The summed E-state index contributed by atoms with van der Waals surface area (Å²) in [5, 5.41) is 0. The van der Waals surface area contributed by atoms with E-state index in [1.54, 1.807) is 12.3 Å². The van der Waals surface area contributed by atoms with Gasteiger partial charge in [-0.2, -0.15) is 0 Å². The summed E-state index contributed by atoms with van der Waals surface area (Å²) < 4.78 is 20.0. The number of ether oxygens (including phenoxy) is 1. The minimum absolute atomic E-state index is 0.203. The van der Waals surface area contributed by atoms with E-state index in [4.69, 9.17) is 4.74 Å². The summed E-state index contributed by atoms with van der Waals surface area (Å²) in [4.78, 5) is 4.48. The van der Waals surface area contributed by atoms with Gasteiger partial charge in [0.2, 0.25) is 0 Å². The molecule has 2 aromatic carbocycles. The molecule has 0 aliphatic heterocycles. The minimum Gasteiger partial charge on any atom is -0.494 e. The van der Waals surface area contributed by atoms with Crippen molar-refractivity contribution in [1.82, 2.24) is 4.98 Å². The molecule has 2 nitrogen and oxygen atoms in total. The van der Waals surface area contributed by atoms with Crippen LogP contribution in [0.25, 0.3) is 22.4 Å². The van der Waals surface area contributed by atoms with Gasteiger partial charge in [0.15, 0.2) is 0 Å². The highest BCUT2D eigenvalue weighted by Crippen LogP contribution is 2.26. The molecule has 3 rings (SSSR count). The second-order valence-electron chi connectivity index (χ2n) is 6.66. The molecule has 0 atom stereocenters. The zero-order chi connectivity index (χ0) is 19.1. The molecule has 3 heteroatoms. The topological polar surface area (TPSA) is 22.1 Å². The second-order valence-corrected chi connectivity index (χ2v) is 6.66. The molecule has 0 fully saturated rings. The van der Waals surface area contributed by atoms with Crippen molar-refractivity contribution in [3.63, 3.8) is 0 Å². The molecule has 0 bridgehead atoms. The van der Waals surface area contributed by atoms with E-state index in [-0.39, 0.29) is 5.82 Å². The fraction of sp³-hybridized carbons (Fsp3) is 0.292. The Hall–Kier alpha value is -2.68. The van der Waals surface area contributed by atoms with Crippen molar-refractivity contribution in [3.8, 4) is 28.1 Å². The summed E-state index contributed by atoms with van der Waals surface area (Å²) in [5.74, 6) is 0.650. The molecule has 0 spiro atoms. The average Bonchev–Trinajstić information content (AvgIpc) is 2.69. The number of pyridine rings is 1. The summed E-state index contributed by atoms with van der Waals surface area (Å²) in [6.45, 7) is 4.79. The molecule has 0 aliphatic carbocycles. The highest BCUT2D eigenvalue weighted by molar-refractivity contribution is 5.67. The third kappa shape index (κ3) is 4.94. The fourth-order valence-electron chi connectivity index (χ4n) is 3.14. The van der Waals surface area contributed by atoms with Gasteiger partial charge in [-0.15, -0.1) is 0 Å². The van der Waals surface area contributed by atoms with Crippen molar-refractivity contribution in [2.24, 2.45) is 0 Å². The maximum absolute atomic E-state index is 14.5. The molecule has 27 heavy (non-hydrogen) atoms. The second kappa shape index (κ2) is 9.31. The van der Waals surface area contributed by atoms with Crippen molar-refractivity contribution in [2.75, 3.05) is 6.61 Å². The summed E-state index contributed by atoms with van der Waals surface area (Å²) in [5.41, 5.74) is 4.31. The largest absolute Gasteiger partial charge is 0.494 e. The Morgan fingerprint density at radius 3 is 2.30 bits per heavy atom. The number of aromatic nitrogens is 1. The van der Waals surface area contributed by atoms with Crippen LogP contribution in [-0.2, 0) is 6.42 Å². The lowest BCUT2D eigenvalue weighted by Gasteiger charge is -2.08. The maximum atomic E-state index is 14.5. The van der Waals surface area contributed by atoms with Gasteiger partial charge in [-0.05, 0) is 61.2 Å². The Morgan fingerprint density at radius 1 is 0.889 bits per heavy atom. The van der Waals surface area contributed by atoms with Crippen LogP contribution < -0.4 is 4.74 Å². The van der Waals surface area contributed by atoms with Gasteiger partial charge in [0.05, 0.1) is 12.3 Å². The Balaban J connectivity index is 1.74. The van der Waals surface area contributed by atoms with Crippen LogP contribution in [0.3, 0.4) is 0 Å². The zero-order valence-corrected chi connectivity index (χ0v) is 16.0. The minimum atomic E-state index is -0.203. The Labute approximate surface area is 161 Å². The van der Waals surface area contributed by atoms with E-state index < -0.39 is 0 Å². The van der Waals surface area contributed by atoms with E-state index in [0.717, 1.165) is 35.3 Å². The molecule has 0 saturated carbocycles. The van der Waals surface area contributed by atoms with Crippen molar-refractivity contribution in [3.05, 3.63) is 72.2 Å². The molecule has 0 saturated heterocycles. The molecule has 3 aromatic rings. The van der Waals surface area contributed by atoms with Crippen molar-refractivity contribution >= 4 is 0 Å². The Kier molecular flexibility index (Phi) is 6.59. The van der Waals surface area contributed by atoms with E-state index in [2.05, 4.69) is 11.9 Å². The fourth-order valence-corrected chi connectivity index (χ4v) is 3.14. The number of unbranched alkanes of at least 4 members (excludes halogenated alkanes) is 2. The Morgan fingerprint density at radius 2 is 1.67 bits per heavy atom. The number of nitrogens with zero attached hydrogens (tertiary/aromatic N) is 1. The molecule has 1 heterocycles. The van der Waals surface area contributed by atoms with Gasteiger partial charge in [-0.1, -0.05) is 44.0 Å². The molecule has 140 valence electrons. The van der Waals surface area contributed by atoms with E-state index in [0.29, 0.717) is 17.9 Å². The van der Waals surface area contributed by atoms with Crippen LogP contribution in [0.15, 0.2) is 60.8 Å². The molecular weight excluding hydrogens is 337 g/mol. The number of hydrogen-bond acceptors (Lipinski definition) is 2. The number of benzene rings is 2. The van der Waals surface area contributed by atoms with Gasteiger partial charge in [0, 0.05) is 17.3 Å². The average molecular weight is 363 g/mol. The SMILES string of the molecule is CCCCCc1ccc(-c2ccc(-c3ccc(OCC)cc3)cn2)c(F)c1. The lowest BCUT2D eigenvalue weighted by Crippen LogP contribution is -1.93. The first-order chi connectivity index (χ1) is 13.2.